The van der Waals surface area contributed by atoms with Gasteiger partial charge in [-0.25, -0.2) is 14.2 Å². The van der Waals surface area contributed by atoms with Gasteiger partial charge in [0.25, 0.3) is 0 Å². The summed E-state index contributed by atoms with van der Waals surface area (Å²) in [5, 5.41) is 8.95. The number of aromatic nitrogens is 3. The number of carbonyl (C=O) groups is 3. The molecule has 176 valence electrons. The number of H-pyrrole nitrogens is 1. The summed E-state index contributed by atoms with van der Waals surface area (Å²) >= 11 is 0. The second-order valence-electron chi connectivity index (χ2n) is 7.57. The molecule has 0 spiro atoms. The lowest BCUT2D eigenvalue weighted by molar-refractivity contribution is -0.121. The molecule has 11 heteroatoms. The number of benzene rings is 2. The van der Waals surface area contributed by atoms with E-state index in [-0.39, 0.29) is 49.0 Å². The third-order valence-corrected chi connectivity index (χ3v) is 5.33. The van der Waals surface area contributed by atoms with Crippen molar-refractivity contribution in [3.05, 3.63) is 60.2 Å². The van der Waals surface area contributed by atoms with Crippen LogP contribution in [0.4, 0.5) is 14.9 Å². The van der Waals surface area contributed by atoms with Gasteiger partial charge in [-0.05, 0) is 42.5 Å². The van der Waals surface area contributed by atoms with Gasteiger partial charge in [0, 0.05) is 18.4 Å². The molecule has 3 aromatic rings. The van der Waals surface area contributed by atoms with Crippen LogP contribution in [0.1, 0.15) is 23.2 Å². The number of Topliss-reactive ketones (excluding diaryl/α,β-unsaturated/α-hetero) is 1. The minimum Gasteiger partial charge on any atom is -0.497 e. The number of aromatic amines is 1. The molecule has 0 bridgehead atoms. The molecule has 1 atom stereocenters. The predicted octanol–water partition coefficient (Wildman–Crippen LogP) is 2.72. The van der Waals surface area contributed by atoms with Gasteiger partial charge in [0.15, 0.2) is 11.6 Å². The van der Waals surface area contributed by atoms with Crippen molar-refractivity contribution in [3.63, 3.8) is 0 Å². The molecule has 10 nitrogen and oxygen atoms in total. The maximum absolute atomic E-state index is 14.5. The number of cyclic esters (lactones) is 1. The SMILES string of the molecule is COc1ccc(C(=O)CCC(=O)NCC2CN(c3ccc(-c4ncn[nH]4)c(F)c3)C(=O)O2)cc1. The fourth-order valence-electron chi connectivity index (χ4n) is 3.50. The van der Waals surface area contributed by atoms with Crippen LogP contribution in [0.15, 0.2) is 48.8 Å². The maximum atomic E-state index is 14.5. The molecule has 1 saturated heterocycles. The first-order chi connectivity index (χ1) is 16.4. The van der Waals surface area contributed by atoms with Crippen LogP contribution in [0.5, 0.6) is 5.75 Å². The summed E-state index contributed by atoms with van der Waals surface area (Å²) in [5.74, 6) is -0.145. The molecular weight excluding hydrogens is 445 g/mol. The van der Waals surface area contributed by atoms with Crippen molar-refractivity contribution in [1.82, 2.24) is 20.5 Å². The van der Waals surface area contributed by atoms with E-state index in [2.05, 4.69) is 20.5 Å². The van der Waals surface area contributed by atoms with Crippen molar-refractivity contribution < 1.29 is 28.2 Å². The standard InChI is InChI=1S/C23H22FN5O5/c1-33-16-5-2-14(3-6-16)20(30)8-9-21(31)25-11-17-12-29(23(32)34-17)15-4-7-18(19(24)10-15)22-26-13-27-28-22/h2-7,10,13,17H,8-9,11-12H2,1H3,(H,25,31)(H,26,27,28). The van der Waals surface area contributed by atoms with Gasteiger partial charge in [0.05, 0.1) is 31.5 Å². The molecule has 2 amide bonds. The Hall–Kier alpha value is -4.28. The maximum Gasteiger partial charge on any atom is 0.414 e. The second kappa shape index (κ2) is 10.1. The van der Waals surface area contributed by atoms with Crippen LogP contribution in [-0.4, -0.2) is 59.3 Å². The van der Waals surface area contributed by atoms with Crippen molar-refractivity contribution >= 4 is 23.5 Å². The first kappa shape index (κ1) is 22.9. The number of amides is 2. The lowest BCUT2D eigenvalue weighted by Gasteiger charge is -2.14. The fraction of sp³-hybridized carbons (Fsp3) is 0.261. The molecule has 2 heterocycles. The van der Waals surface area contributed by atoms with Gasteiger partial charge >= 0.3 is 6.09 Å². The molecule has 0 saturated carbocycles. The van der Waals surface area contributed by atoms with Crippen molar-refractivity contribution in [3.8, 4) is 17.1 Å². The molecule has 2 aromatic carbocycles. The largest absolute Gasteiger partial charge is 0.497 e. The average molecular weight is 467 g/mol. The predicted molar refractivity (Wildman–Crippen MR) is 119 cm³/mol. The van der Waals surface area contributed by atoms with E-state index < -0.39 is 18.0 Å². The summed E-state index contributed by atoms with van der Waals surface area (Å²) < 4.78 is 24.8. The number of methoxy groups -OCH3 is 1. The summed E-state index contributed by atoms with van der Waals surface area (Å²) in [6.07, 6.45) is 0.0789. The number of carbonyl (C=O) groups excluding carboxylic acids is 3. The van der Waals surface area contributed by atoms with E-state index in [4.69, 9.17) is 9.47 Å². The average Bonchev–Trinajstić information content (AvgIpc) is 3.51. The molecule has 34 heavy (non-hydrogen) atoms. The summed E-state index contributed by atoms with van der Waals surface area (Å²) in [4.78, 5) is 41.9. The number of ether oxygens (including phenoxy) is 2. The number of rotatable bonds is 9. The van der Waals surface area contributed by atoms with Crippen molar-refractivity contribution in [2.75, 3.05) is 25.1 Å². The highest BCUT2D eigenvalue weighted by Crippen LogP contribution is 2.27. The van der Waals surface area contributed by atoms with E-state index in [9.17, 15) is 18.8 Å². The zero-order chi connectivity index (χ0) is 24.1. The molecule has 2 N–H and O–H groups in total. The Morgan fingerprint density at radius 3 is 2.71 bits per heavy atom. The highest BCUT2D eigenvalue weighted by Gasteiger charge is 2.33. The lowest BCUT2D eigenvalue weighted by atomic mass is 10.1. The Labute approximate surface area is 194 Å². The van der Waals surface area contributed by atoms with Gasteiger partial charge in [-0.1, -0.05) is 0 Å². The van der Waals surface area contributed by atoms with Crippen molar-refractivity contribution in [2.24, 2.45) is 0 Å². The van der Waals surface area contributed by atoms with Crippen LogP contribution in [0.3, 0.4) is 0 Å². The Balaban J connectivity index is 1.26. The van der Waals surface area contributed by atoms with Crippen LogP contribution in [0.2, 0.25) is 0 Å². The minimum atomic E-state index is -0.638. The lowest BCUT2D eigenvalue weighted by Crippen LogP contribution is -2.34. The number of anilines is 1. The van der Waals surface area contributed by atoms with E-state index >= 15 is 0 Å². The Bertz CT molecular complexity index is 1180. The summed E-state index contributed by atoms with van der Waals surface area (Å²) in [5.41, 5.74) is 1.04. The van der Waals surface area contributed by atoms with Crippen LogP contribution in [0, 0.1) is 5.82 Å². The second-order valence-corrected chi connectivity index (χ2v) is 7.57. The molecule has 4 rings (SSSR count). The van der Waals surface area contributed by atoms with Crippen LogP contribution >= 0.6 is 0 Å². The first-order valence-corrected chi connectivity index (χ1v) is 10.5. The highest BCUT2D eigenvalue weighted by atomic mass is 19.1. The van der Waals surface area contributed by atoms with Gasteiger partial charge < -0.3 is 14.8 Å². The molecular formula is C23H22FN5O5. The number of hydrogen-bond donors (Lipinski definition) is 2. The highest BCUT2D eigenvalue weighted by molar-refractivity contribution is 5.98. The van der Waals surface area contributed by atoms with Gasteiger partial charge in [0.2, 0.25) is 5.91 Å². The normalized spacial score (nSPS) is 15.2. The van der Waals surface area contributed by atoms with Gasteiger partial charge in [-0.15, -0.1) is 0 Å². The quantitative estimate of drug-likeness (QED) is 0.463. The van der Waals surface area contributed by atoms with E-state index in [0.29, 0.717) is 17.0 Å². The number of ketones is 1. The van der Waals surface area contributed by atoms with E-state index in [0.717, 1.165) is 0 Å². The Morgan fingerprint density at radius 2 is 2.03 bits per heavy atom. The van der Waals surface area contributed by atoms with Crippen LogP contribution in [-0.2, 0) is 9.53 Å². The van der Waals surface area contributed by atoms with Crippen molar-refractivity contribution in [2.45, 2.75) is 18.9 Å². The number of nitrogens with zero attached hydrogens (tertiary/aromatic N) is 3. The summed E-state index contributed by atoms with van der Waals surface area (Å²) in [6.45, 7) is 0.224. The third kappa shape index (κ3) is 5.20. The number of halogens is 1. The minimum absolute atomic E-state index is 0.00352. The molecule has 0 aliphatic carbocycles. The van der Waals surface area contributed by atoms with E-state index in [1.807, 2.05) is 0 Å². The number of hydrogen-bond acceptors (Lipinski definition) is 7. The number of nitrogens with one attached hydrogen (secondary N) is 2. The van der Waals surface area contributed by atoms with Gasteiger partial charge in [-0.3, -0.25) is 19.6 Å². The smallest absolute Gasteiger partial charge is 0.414 e. The van der Waals surface area contributed by atoms with Gasteiger partial charge in [-0.2, -0.15) is 5.10 Å². The third-order valence-electron chi connectivity index (χ3n) is 5.33. The monoisotopic (exact) mass is 467 g/mol. The Morgan fingerprint density at radius 1 is 1.24 bits per heavy atom. The topological polar surface area (TPSA) is 127 Å². The molecule has 1 aliphatic heterocycles. The zero-order valence-electron chi connectivity index (χ0n) is 18.3. The van der Waals surface area contributed by atoms with E-state index in [1.54, 1.807) is 30.3 Å². The van der Waals surface area contributed by atoms with E-state index in [1.165, 1.54) is 30.5 Å². The molecule has 0 radical (unpaired) electrons. The molecule has 1 unspecified atom stereocenters. The molecule has 1 aliphatic rings. The summed E-state index contributed by atoms with van der Waals surface area (Å²) in [6, 6.07) is 10.9. The van der Waals surface area contributed by atoms with Gasteiger partial charge in [0.1, 0.15) is 24.0 Å². The zero-order valence-corrected chi connectivity index (χ0v) is 18.3. The summed E-state index contributed by atoms with van der Waals surface area (Å²) in [7, 11) is 1.54. The van der Waals surface area contributed by atoms with Crippen LogP contribution in [0.25, 0.3) is 11.4 Å². The molecule has 1 fully saturated rings. The van der Waals surface area contributed by atoms with Crippen molar-refractivity contribution in [1.29, 1.82) is 0 Å². The first-order valence-electron chi connectivity index (χ1n) is 10.5. The Kier molecular flexibility index (Phi) is 6.81. The van der Waals surface area contributed by atoms with Crippen LogP contribution < -0.4 is 15.0 Å². The fourth-order valence-corrected chi connectivity index (χ4v) is 3.50. The molecule has 1 aromatic heterocycles.